The van der Waals surface area contributed by atoms with Crippen LogP contribution in [0.5, 0.6) is 0 Å². The predicted octanol–water partition coefficient (Wildman–Crippen LogP) is 3.57. The Morgan fingerprint density at radius 2 is 1.88 bits per heavy atom. The fourth-order valence-electron chi connectivity index (χ4n) is 3.57. The van der Waals surface area contributed by atoms with Crippen LogP contribution in [0, 0.1) is 25.2 Å². The van der Waals surface area contributed by atoms with E-state index in [1.165, 1.54) is 0 Å². The second-order valence-electron chi connectivity index (χ2n) is 7.57. The van der Waals surface area contributed by atoms with Gasteiger partial charge in [-0.1, -0.05) is 24.3 Å². The minimum Gasteiger partial charge on any atom is -0.383 e. The molecule has 0 bridgehead atoms. The molecule has 2 aromatic carbocycles. The van der Waals surface area contributed by atoms with E-state index in [0.717, 1.165) is 22.0 Å². The van der Waals surface area contributed by atoms with Crippen molar-refractivity contribution in [2.75, 3.05) is 25.6 Å². The highest BCUT2D eigenvalue weighted by molar-refractivity contribution is 6.10. The van der Waals surface area contributed by atoms with Gasteiger partial charge in [-0.25, -0.2) is 0 Å². The first-order valence-corrected chi connectivity index (χ1v) is 10.3. The Morgan fingerprint density at radius 3 is 2.56 bits per heavy atom. The SMILES string of the molecule is COCCNC(=O)Cn1cc(C=C(C#N)C(=O)Nc2cc(C)cc(C)c2)c2ccccc21. The van der Waals surface area contributed by atoms with Gasteiger partial charge in [-0.2, -0.15) is 5.26 Å². The zero-order valence-corrected chi connectivity index (χ0v) is 18.4. The molecule has 0 spiro atoms. The van der Waals surface area contributed by atoms with Gasteiger partial charge in [0.05, 0.1) is 6.61 Å². The lowest BCUT2D eigenvalue weighted by Gasteiger charge is -2.07. The van der Waals surface area contributed by atoms with Crippen molar-refractivity contribution in [3.05, 3.63) is 70.9 Å². The molecule has 0 saturated carbocycles. The molecule has 7 nitrogen and oxygen atoms in total. The summed E-state index contributed by atoms with van der Waals surface area (Å²) in [6, 6.07) is 15.3. The summed E-state index contributed by atoms with van der Waals surface area (Å²) in [6.45, 7) is 4.88. The summed E-state index contributed by atoms with van der Waals surface area (Å²) in [5, 5.41) is 16.1. The number of nitrogens with zero attached hydrogens (tertiary/aromatic N) is 2. The first kappa shape index (κ1) is 22.8. The molecule has 1 aromatic heterocycles. The van der Waals surface area contributed by atoms with Gasteiger partial charge >= 0.3 is 0 Å². The number of aryl methyl sites for hydroxylation is 2. The largest absolute Gasteiger partial charge is 0.383 e. The Hall–Kier alpha value is -3.89. The second kappa shape index (κ2) is 10.4. The van der Waals surface area contributed by atoms with Crippen molar-refractivity contribution in [3.8, 4) is 6.07 Å². The number of aromatic nitrogens is 1. The van der Waals surface area contributed by atoms with Crippen LogP contribution in [0.15, 0.2) is 54.2 Å². The lowest BCUT2D eigenvalue weighted by molar-refractivity contribution is -0.121. The van der Waals surface area contributed by atoms with Gasteiger partial charge in [0.15, 0.2) is 0 Å². The van der Waals surface area contributed by atoms with Gasteiger partial charge in [0.2, 0.25) is 5.91 Å². The summed E-state index contributed by atoms with van der Waals surface area (Å²) in [6.07, 6.45) is 3.33. The topological polar surface area (TPSA) is 96.2 Å². The number of fused-ring (bicyclic) bond motifs is 1. The van der Waals surface area contributed by atoms with E-state index in [1.54, 1.807) is 23.9 Å². The number of ether oxygens (including phenoxy) is 1. The van der Waals surface area contributed by atoms with E-state index < -0.39 is 5.91 Å². The Labute approximate surface area is 187 Å². The molecule has 0 aliphatic heterocycles. The minimum absolute atomic E-state index is 0.0170. The maximum Gasteiger partial charge on any atom is 0.266 e. The fraction of sp³-hybridized carbons (Fsp3) is 0.240. The van der Waals surface area contributed by atoms with Crippen molar-refractivity contribution in [3.63, 3.8) is 0 Å². The quantitative estimate of drug-likeness (QED) is 0.324. The van der Waals surface area contributed by atoms with Gasteiger partial charge in [-0.15, -0.1) is 0 Å². The number of hydrogen-bond donors (Lipinski definition) is 2. The fourth-order valence-corrected chi connectivity index (χ4v) is 3.57. The molecule has 0 saturated heterocycles. The van der Waals surface area contributed by atoms with Crippen LogP contribution in [0.4, 0.5) is 5.69 Å². The van der Waals surface area contributed by atoms with Crippen molar-refractivity contribution >= 4 is 34.5 Å². The number of carbonyl (C=O) groups is 2. The smallest absolute Gasteiger partial charge is 0.266 e. The number of carbonyl (C=O) groups excluding carboxylic acids is 2. The Balaban J connectivity index is 1.87. The number of rotatable bonds is 8. The normalized spacial score (nSPS) is 11.2. The van der Waals surface area contributed by atoms with Gasteiger partial charge in [0.1, 0.15) is 18.2 Å². The van der Waals surface area contributed by atoms with E-state index in [0.29, 0.717) is 24.4 Å². The number of anilines is 1. The highest BCUT2D eigenvalue weighted by atomic mass is 16.5. The minimum atomic E-state index is -0.480. The molecule has 2 amide bonds. The van der Waals surface area contributed by atoms with Crippen LogP contribution in [0.1, 0.15) is 16.7 Å². The number of nitrogens with one attached hydrogen (secondary N) is 2. The first-order valence-electron chi connectivity index (χ1n) is 10.3. The van der Waals surface area contributed by atoms with Crippen molar-refractivity contribution in [2.24, 2.45) is 0 Å². The molecule has 0 aliphatic rings. The number of para-hydroxylation sites is 1. The summed E-state index contributed by atoms with van der Waals surface area (Å²) in [5.41, 5.74) is 4.20. The molecular formula is C25H26N4O3. The summed E-state index contributed by atoms with van der Waals surface area (Å²) in [5.74, 6) is -0.627. The van der Waals surface area contributed by atoms with Crippen LogP contribution in [-0.4, -0.2) is 36.6 Å². The Morgan fingerprint density at radius 1 is 1.16 bits per heavy atom. The molecule has 1 heterocycles. The van der Waals surface area contributed by atoms with Crippen LogP contribution < -0.4 is 10.6 Å². The third kappa shape index (κ3) is 5.62. The van der Waals surface area contributed by atoms with Crippen molar-refractivity contribution < 1.29 is 14.3 Å². The third-order valence-corrected chi connectivity index (χ3v) is 4.91. The number of nitriles is 1. The zero-order chi connectivity index (χ0) is 23.1. The molecule has 0 aliphatic carbocycles. The molecule has 0 radical (unpaired) electrons. The molecule has 3 aromatic rings. The average molecular weight is 431 g/mol. The second-order valence-corrected chi connectivity index (χ2v) is 7.57. The standard InChI is InChI=1S/C25H26N4O3/c1-17-10-18(2)12-21(11-17)28-25(31)19(14-26)13-20-15-29(16-24(30)27-8-9-32-3)23-7-5-4-6-22(20)23/h4-7,10-13,15H,8-9,16H2,1-3H3,(H,27,30)(H,28,31). The third-order valence-electron chi connectivity index (χ3n) is 4.91. The van der Waals surface area contributed by atoms with Gasteiger partial charge in [-0.05, 0) is 49.2 Å². The molecule has 0 unspecified atom stereocenters. The van der Waals surface area contributed by atoms with Crippen molar-refractivity contribution in [1.82, 2.24) is 9.88 Å². The van der Waals surface area contributed by atoms with Crippen LogP contribution in [0.2, 0.25) is 0 Å². The van der Waals surface area contributed by atoms with Crippen LogP contribution in [0.25, 0.3) is 17.0 Å². The summed E-state index contributed by atoms with van der Waals surface area (Å²) < 4.78 is 6.76. The van der Waals surface area contributed by atoms with E-state index >= 15 is 0 Å². The average Bonchev–Trinajstić information content (AvgIpc) is 3.08. The van der Waals surface area contributed by atoms with E-state index in [1.807, 2.05) is 62.4 Å². The monoisotopic (exact) mass is 430 g/mol. The molecule has 0 atom stereocenters. The molecule has 7 heteroatoms. The molecule has 32 heavy (non-hydrogen) atoms. The molecular weight excluding hydrogens is 404 g/mol. The van der Waals surface area contributed by atoms with Gasteiger partial charge in [-0.3, -0.25) is 9.59 Å². The summed E-state index contributed by atoms with van der Waals surface area (Å²) in [4.78, 5) is 25.0. The number of amides is 2. The van der Waals surface area contributed by atoms with Crippen molar-refractivity contribution in [1.29, 1.82) is 5.26 Å². The van der Waals surface area contributed by atoms with Crippen LogP contribution in [0.3, 0.4) is 0 Å². The lowest BCUT2D eigenvalue weighted by atomic mass is 10.1. The Kier molecular flexibility index (Phi) is 7.42. The molecule has 2 N–H and O–H groups in total. The predicted molar refractivity (Wildman–Crippen MR) is 125 cm³/mol. The maximum absolute atomic E-state index is 12.8. The summed E-state index contributed by atoms with van der Waals surface area (Å²) >= 11 is 0. The van der Waals surface area contributed by atoms with Crippen LogP contribution in [-0.2, 0) is 20.9 Å². The van der Waals surface area contributed by atoms with E-state index in [4.69, 9.17) is 4.74 Å². The van der Waals surface area contributed by atoms with E-state index in [9.17, 15) is 14.9 Å². The van der Waals surface area contributed by atoms with Gasteiger partial charge in [0.25, 0.3) is 5.91 Å². The number of methoxy groups -OCH3 is 1. The lowest BCUT2D eigenvalue weighted by Crippen LogP contribution is -2.30. The molecule has 3 rings (SSSR count). The van der Waals surface area contributed by atoms with Gasteiger partial charge < -0.3 is 19.9 Å². The Bertz CT molecular complexity index is 1200. The maximum atomic E-state index is 12.8. The van der Waals surface area contributed by atoms with Gasteiger partial charge in [0, 0.05) is 42.0 Å². The number of benzene rings is 2. The van der Waals surface area contributed by atoms with E-state index in [2.05, 4.69) is 10.6 Å². The highest BCUT2D eigenvalue weighted by Crippen LogP contribution is 2.24. The first-order chi connectivity index (χ1) is 15.4. The molecule has 164 valence electrons. The number of hydrogen-bond acceptors (Lipinski definition) is 4. The highest BCUT2D eigenvalue weighted by Gasteiger charge is 2.14. The molecule has 0 fully saturated rings. The van der Waals surface area contributed by atoms with Crippen LogP contribution >= 0.6 is 0 Å². The summed E-state index contributed by atoms with van der Waals surface area (Å²) in [7, 11) is 1.58. The zero-order valence-electron chi connectivity index (χ0n) is 18.4. The van der Waals surface area contributed by atoms with Crippen molar-refractivity contribution in [2.45, 2.75) is 20.4 Å². The van der Waals surface area contributed by atoms with E-state index in [-0.39, 0.29) is 18.0 Å².